The molecule has 0 amide bonds. The Morgan fingerprint density at radius 3 is 3.00 bits per heavy atom. The molecular weight excluding hydrogens is 206 g/mol. The molecule has 4 nitrogen and oxygen atoms in total. The van der Waals surface area contributed by atoms with Crippen LogP contribution < -0.4 is 5.32 Å². The second-order valence-electron chi connectivity index (χ2n) is 4.04. The number of hydrogen-bond donors (Lipinski definition) is 1. The summed E-state index contributed by atoms with van der Waals surface area (Å²) in [4.78, 5) is 22.5. The Morgan fingerprint density at radius 1 is 1.50 bits per heavy atom. The average molecular weight is 221 g/mol. The molecule has 1 fully saturated rings. The van der Waals surface area contributed by atoms with E-state index < -0.39 is 6.04 Å². The smallest absolute Gasteiger partial charge is 0.323 e. The van der Waals surface area contributed by atoms with Gasteiger partial charge in [0.2, 0.25) is 0 Å². The zero-order valence-corrected chi connectivity index (χ0v) is 9.07. The lowest BCUT2D eigenvalue weighted by Gasteiger charge is -2.11. The second-order valence-corrected chi connectivity index (χ2v) is 4.04. The number of Topliss-reactive ketones (excluding diaryl/α,β-unsaturated/α-hetero) is 1. The van der Waals surface area contributed by atoms with Crippen LogP contribution in [0.25, 0.3) is 0 Å². The third-order valence-electron chi connectivity index (χ3n) is 2.71. The monoisotopic (exact) mass is 221 g/mol. The standard InChI is InChI=1S/C12H15NO3/c14-10-6-11(13-7-10)12(15)16-8-9-4-2-1-3-5-9/h2,4-5,11,13H,1,3,6-8H2. The Morgan fingerprint density at radius 2 is 2.38 bits per heavy atom. The molecule has 0 spiro atoms. The summed E-state index contributed by atoms with van der Waals surface area (Å²) in [5.41, 5.74) is 1.03. The van der Waals surface area contributed by atoms with Gasteiger partial charge in [-0.3, -0.25) is 14.9 Å². The molecule has 2 aliphatic rings. The summed E-state index contributed by atoms with van der Waals surface area (Å²) in [5, 5.41) is 2.83. The van der Waals surface area contributed by atoms with Crippen LogP contribution in [0.1, 0.15) is 19.3 Å². The number of esters is 1. The predicted molar refractivity (Wildman–Crippen MR) is 58.8 cm³/mol. The molecule has 2 rings (SSSR count). The molecule has 1 heterocycles. The van der Waals surface area contributed by atoms with Crippen molar-refractivity contribution in [2.24, 2.45) is 0 Å². The zero-order chi connectivity index (χ0) is 11.4. The topological polar surface area (TPSA) is 55.4 Å². The highest BCUT2D eigenvalue weighted by Gasteiger charge is 2.28. The molecule has 1 unspecified atom stereocenters. The Bertz CT molecular complexity index is 357. The maximum absolute atomic E-state index is 11.5. The summed E-state index contributed by atoms with van der Waals surface area (Å²) in [7, 11) is 0. The van der Waals surface area contributed by atoms with E-state index in [4.69, 9.17) is 4.74 Å². The van der Waals surface area contributed by atoms with Crippen LogP contribution in [0.3, 0.4) is 0 Å². The lowest BCUT2D eigenvalue weighted by molar-refractivity contribution is -0.145. The number of carbonyl (C=O) groups is 2. The van der Waals surface area contributed by atoms with Crippen molar-refractivity contribution < 1.29 is 14.3 Å². The number of allylic oxidation sites excluding steroid dienone is 2. The van der Waals surface area contributed by atoms with Crippen LogP contribution in [-0.2, 0) is 14.3 Å². The van der Waals surface area contributed by atoms with Crippen LogP contribution in [0.5, 0.6) is 0 Å². The molecule has 0 radical (unpaired) electrons. The summed E-state index contributed by atoms with van der Waals surface area (Å²) in [6.45, 7) is 0.587. The minimum Gasteiger partial charge on any atom is -0.460 e. The number of carbonyl (C=O) groups excluding carboxylic acids is 2. The molecule has 16 heavy (non-hydrogen) atoms. The first-order valence-electron chi connectivity index (χ1n) is 5.53. The van der Waals surface area contributed by atoms with Gasteiger partial charge in [-0.2, -0.15) is 0 Å². The minimum atomic E-state index is -0.444. The Labute approximate surface area is 94.3 Å². The van der Waals surface area contributed by atoms with Gasteiger partial charge in [-0.25, -0.2) is 0 Å². The first-order valence-corrected chi connectivity index (χ1v) is 5.53. The van der Waals surface area contributed by atoms with Gasteiger partial charge in [0.05, 0.1) is 6.54 Å². The lowest BCUT2D eigenvalue weighted by Crippen LogP contribution is -2.32. The van der Waals surface area contributed by atoms with E-state index in [2.05, 4.69) is 17.5 Å². The number of rotatable bonds is 3. The molecule has 1 aliphatic carbocycles. The van der Waals surface area contributed by atoms with Crippen molar-refractivity contribution >= 4 is 11.8 Å². The van der Waals surface area contributed by atoms with Crippen molar-refractivity contribution in [3.05, 3.63) is 23.8 Å². The van der Waals surface area contributed by atoms with Crippen LogP contribution in [0.2, 0.25) is 0 Å². The SMILES string of the molecule is O=C1CNC(C(=O)OCC2=CCCC=C2)C1. The summed E-state index contributed by atoms with van der Waals surface area (Å²) in [6.07, 6.45) is 8.43. The average Bonchev–Trinajstić information content (AvgIpc) is 2.74. The maximum Gasteiger partial charge on any atom is 0.323 e. The van der Waals surface area contributed by atoms with E-state index in [-0.39, 0.29) is 24.7 Å². The van der Waals surface area contributed by atoms with E-state index >= 15 is 0 Å². The third-order valence-corrected chi connectivity index (χ3v) is 2.71. The largest absolute Gasteiger partial charge is 0.460 e. The van der Waals surface area contributed by atoms with Crippen LogP contribution in [0.15, 0.2) is 23.8 Å². The summed E-state index contributed by atoms with van der Waals surface area (Å²) in [6, 6.07) is -0.444. The van der Waals surface area contributed by atoms with Gasteiger partial charge in [0.15, 0.2) is 0 Å². The lowest BCUT2D eigenvalue weighted by atomic mass is 10.1. The number of hydrogen-bond acceptors (Lipinski definition) is 4. The first kappa shape index (κ1) is 11.1. The molecular formula is C12H15NO3. The van der Waals surface area contributed by atoms with Crippen LogP contribution in [0, 0.1) is 0 Å². The fourth-order valence-electron chi connectivity index (χ4n) is 1.81. The normalized spacial score (nSPS) is 24.4. The summed E-state index contributed by atoms with van der Waals surface area (Å²) >= 11 is 0. The molecule has 1 N–H and O–H groups in total. The molecule has 4 heteroatoms. The minimum absolute atomic E-state index is 0.0683. The van der Waals surface area contributed by atoms with E-state index in [0.717, 1.165) is 18.4 Å². The van der Waals surface area contributed by atoms with Crippen molar-refractivity contribution in [1.82, 2.24) is 5.32 Å². The highest BCUT2D eigenvalue weighted by atomic mass is 16.5. The number of ether oxygens (including phenoxy) is 1. The molecule has 0 aromatic heterocycles. The fraction of sp³-hybridized carbons (Fsp3) is 0.500. The molecule has 0 aromatic carbocycles. The Balaban J connectivity index is 1.77. The van der Waals surface area contributed by atoms with Crippen molar-refractivity contribution in [3.8, 4) is 0 Å². The maximum atomic E-state index is 11.5. The molecule has 0 aromatic rings. The Hall–Kier alpha value is -1.42. The number of ketones is 1. The van der Waals surface area contributed by atoms with E-state index in [0.29, 0.717) is 6.61 Å². The first-order chi connectivity index (χ1) is 7.75. The van der Waals surface area contributed by atoms with Gasteiger partial charge in [0.1, 0.15) is 18.4 Å². The van der Waals surface area contributed by atoms with Crippen molar-refractivity contribution in [2.45, 2.75) is 25.3 Å². The molecule has 86 valence electrons. The molecule has 0 bridgehead atoms. The van der Waals surface area contributed by atoms with E-state index in [1.54, 1.807) is 0 Å². The van der Waals surface area contributed by atoms with Gasteiger partial charge in [-0.1, -0.05) is 18.2 Å². The molecule has 0 saturated carbocycles. The van der Waals surface area contributed by atoms with E-state index in [1.807, 2.05) is 6.08 Å². The highest BCUT2D eigenvalue weighted by molar-refractivity contribution is 5.91. The van der Waals surface area contributed by atoms with Crippen LogP contribution in [0.4, 0.5) is 0 Å². The van der Waals surface area contributed by atoms with Gasteiger partial charge in [0.25, 0.3) is 0 Å². The molecule has 1 aliphatic heterocycles. The van der Waals surface area contributed by atoms with Gasteiger partial charge in [0, 0.05) is 6.42 Å². The van der Waals surface area contributed by atoms with Crippen molar-refractivity contribution in [3.63, 3.8) is 0 Å². The van der Waals surface area contributed by atoms with Crippen LogP contribution >= 0.6 is 0 Å². The highest BCUT2D eigenvalue weighted by Crippen LogP contribution is 2.11. The summed E-state index contributed by atoms with van der Waals surface area (Å²) < 4.78 is 5.14. The van der Waals surface area contributed by atoms with E-state index in [9.17, 15) is 9.59 Å². The van der Waals surface area contributed by atoms with Gasteiger partial charge < -0.3 is 4.74 Å². The number of nitrogens with one attached hydrogen (secondary N) is 1. The van der Waals surface area contributed by atoms with E-state index in [1.165, 1.54) is 0 Å². The van der Waals surface area contributed by atoms with Gasteiger partial charge in [-0.05, 0) is 18.4 Å². The third kappa shape index (κ3) is 2.79. The van der Waals surface area contributed by atoms with Crippen molar-refractivity contribution in [1.29, 1.82) is 0 Å². The van der Waals surface area contributed by atoms with Crippen molar-refractivity contribution in [2.75, 3.05) is 13.2 Å². The second kappa shape index (κ2) is 5.07. The Kier molecular flexibility index (Phi) is 3.51. The van der Waals surface area contributed by atoms with Gasteiger partial charge in [-0.15, -0.1) is 0 Å². The molecule has 1 saturated heterocycles. The summed E-state index contributed by atoms with van der Waals surface area (Å²) in [5.74, 6) is -0.260. The molecule has 1 atom stereocenters. The predicted octanol–water partition coefficient (Wildman–Crippen LogP) is 0.737. The fourth-order valence-corrected chi connectivity index (χ4v) is 1.81. The van der Waals surface area contributed by atoms with Crippen LogP contribution in [-0.4, -0.2) is 30.9 Å². The van der Waals surface area contributed by atoms with Gasteiger partial charge >= 0.3 is 5.97 Å². The zero-order valence-electron chi connectivity index (χ0n) is 9.07. The quantitative estimate of drug-likeness (QED) is 0.714.